The summed E-state index contributed by atoms with van der Waals surface area (Å²) in [5.74, 6) is 2.96. The first kappa shape index (κ1) is 45.5. The van der Waals surface area contributed by atoms with E-state index in [1.165, 1.54) is 17.7 Å². The van der Waals surface area contributed by atoms with Gasteiger partial charge in [0.15, 0.2) is 23.0 Å². The predicted molar refractivity (Wildman–Crippen MR) is 223 cm³/mol. The highest BCUT2D eigenvalue weighted by atomic mass is 35.5. The van der Waals surface area contributed by atoms with E-state index < -0.39 is 6.36 Å². The fourth-order valence-corrected chi connectivity index (χ4v) is 7.17. The molecule has 0 amide bonds. The summed E-state index contributed by atoms with van der Waals surface area (Å²) in [6.07, 6.45) is -1.33. The van der Waals surface area contributed by atoms with Gasteiger partial charge in [0.25, 0.3) is 0 Å². The third-order valence-electron chi connectivity index (χ3n) is 9.87. The molecule has 1 aromatic heterocycles. The van der Waals surface area contributed by atoms with Crippen LogP contribution in [0.2, 0.25) is 0 Å². The minimum absolute atomic E-state index is 0. The third-order valence-corrected chi connectivity index (χ3v) is 9.87. The number of hydrogen-bond donors (Lipinski definition) is 0. The molecule has 0 radical (unpaired) electrons. The van der Waals surface area contributed by atoms with Crippen molar-refractivity contribution in [1.82, 2.24) is 9.88 Å². The van der Waals surface area contributed by atoms with Crippen LogP contribution in [-0.4, -0.2) is 78.0 Å². The van der Waals surface area contributed by atoms with Crippen LogP contribution >= 0.6 is 24.8 Å². The smallest absolute Gasteiger partial charge is 0.493 e. The SMILES string of the molecule is COc1cc(-c2cccc(CN3CCC(N(Cc4ccnc(-c5cc(OC)c(OC)c(OC)c5)c4)c4ccc(OC(F)(F)F)cc4)CC3)c2)cc(OC)c1OC.Cl.Cl. The van der Waals surface area contributed by atoms with Crippen LogP contribution < -0.4 is 38.1 Å². The van der Waals surface area contributed by atoms with E-state index >= 15 is 0 Å². The van der Waals surface area contributed by atoms with Crippen molar-refractivity contribution in [2.24, 2.45) is 0 Å². The Morgan fingerprint density at radius 2 is 1.19 bits per heavy atom. The van der Waals surface area contributed by atoms with E-state index in [9.17, 15) is 13.2 Å². The maximum atomic E-state index is 13.0. The van der Waals surface area contributed by atoms with E-state index in [1.54, 1.807) is 61.0 Å². The van der Waals surface area contributed by atoms with Crippen molar-refractivity contribution in [3.8, 4) is 62.6 Å². The van der Waals surface area contributed by atoms with Gasteiger partial charge in [0.2, 0.25) is 11.5 Å². The van der Waals surface area contributed by atoms with Gasteiger partial charge in [-0.05, 0) is 102 Å². The van der Waals surface area contributed by atoms with Crippen molar-refractivity contribution in [2.75, 3.05) is 60.6 Å². The van der Waals surface area contributed by atoms with Crippen LogP contribution in [0.25, 0.3) is 22.4 Å². The van der Waals surface area contributed by atoms with Crippen LogP contribution in [0.15, 0.2) is 91.1 Å². The molecule has 1 fully saturated rings. The van der Waals surface area contributed by atoms with Crippen LogP contribution in [0.1, 0.15) is 24.0 Å². The van der Waals surface area contributed by atoms with Crippen molar-refractivity contribution in [1.29, 1.82) is 0 Å². The number of ether oxygens (including phenoxy) is 7. The Balaban J connectivity index is 0.00000372. The number of halogens is 5. The van der Waals surface area contributed by atoms with Crippen LogP contribution in [0.3, 0.4) is 0 Å². The van der Waals surface area contributed by atoms with Crippen molar-refractivity contribution in [3.63, 3.8) is 0 Å². The molecule has 1 saturated heterocycles. The molecule has 1 aliphatic rings. The number of nitrogens with zero attached hydrogens (tertiary/aromatic N) is 3. The predicted octanol–water partition coefficient (Wildman–Crippen LogP) is 9.88. The van der Waals surface area contributed by atoms with E-state index in [0.29, 0.717) is 46.7 Å². The normalized spacial score (nSPS) is 13.1. The van der Waals surface area contributed by atoms with Crippen molar-refractivity contribution in [2.45, 2.75) is 38.3 Å². The molecule has 15 heteroatoms. The van der Waals surface area contributed by atoms with Gasteiger partial charge in [-0.3, -0.25) is 9.88 Å². The highest BCUT2D eigenvalue weighted by Crippen LogP contribution is 2.42. The Labute approximate surface area is 349 Å². The molecule has 5 aromatic rings. The molecule has 58 heavy (non-hydrogen) atoms. The number of likely N-dealkylation sites (tertiary alicyclic amines) is 1. The maximum absolute atomic E-state index is 13.0. The van der Waals surface area contributed by atoms with E-state index in [0.717, 1.165) is 60.4 Å². The first-order valence-corrected chi connectivity index (χ1v) is 18.1. The number of pyridine rings is 1. The molecule has 0 saturated carbocycles. The molecule has 4 aromatic carbocycles. The number of aromatic nitrogens is 1. The average Bonchev–Trinajstić information content (AvgIpc) is 3.22. The number of rotatable bonds is 15. The summed E-state index contributed by atoms with van der Waals surface area (Å²) in [6.45, 7) is 2.92. The summed E-state index contributed by atoms with van der Waals surface area (Å²) in [5, 5.41) is 0. The second-order valence-corrected chi connectivity index (χ2v) is 13.3. The Hall–Kier alpha value is -5.24. The molecule has 0 spiro atoms. The zero-order valence-electron chi connectivity index (χ0n) is 33.1. The zero-order chi connectivity index (χ0) is 39.8. The Morgan fingerprint density at radius 3 is 1.71 bits per heavy atom. The second kappa shape index (κ2) is 20.4. The average molecular weight is 847 g/mol. The minimum Gasteiger partial charge on any atom is -0.493 e. The lowest BCUT2D eigenvalue weighted by Gasteiger charge is -2.40. The van der Waals surface area contributed by atoms with Gasteiger partial charge >= 0.3 is 6.36 Å². The molecule has 10 nitrogen and oxygen atoms in total. The minimum atomic E-state index is -4.78. The molecule has 0 unspecified atom stereocenters. The van der Waals surface area contributed by atoms with Gasteiger partial charge in [-0.2, -0.15) is 0 Å². The quantitative estimate of drug-likeness (QED) is 0.102. The number of piperidine rings is 1. The van der Waals surface area contributed by atoms with E-state index in [1.807, 2.05) is 36.4 Å². The molecular weight excluding hydrogens is 798 g/mol. The topological polar surface area (TPSA) is 84.0 Å². The van der Waals surface area contributed by atoms with Crippen LogP contribution in [0.5, 0.6) is 40.2 Å². The van der Waals surface area contributed by atoms with Gasteiger partial charge in [-0.1, -0.05) is 18.2 Å². The lowest BCUT2D eigenvalue weighted by Crippen LogP contribution is -2.44. The molecule has 0 N–H and O–H groups in total. The second-order valence-electron chi connectivity index (χ2n) is 13.3. The van der Waals surface area contributed by atoms with Crippen molar-refractivity contribution in [3.05, 3.63) is 102 Å². The Kier molecular flexibility index (Phi) is 16.0. The van der Waals surface area contributed by atoms with Crippen molar-refractivity contribution >= 4 is 30.5 Å². The van der Waals surface area contributed by atoms with Crippen LogP contribution in [0, 0.1) is 0 Å². The first-order chi connectivity index (χ1) is 27.1. The lowest BCUT2D eigenvalue weighted by atomic mass is 9.99. The van der Waals surface area contributed by atoms with Crippen LogP contribution in [-0.2, 0) is 13.1 Å². The summed E-state index contributed by atoms with van der Waals surface area (Å²) in [4.78, 5) is 9.32. The largest absolute Gasteiger partial charge is 0.573 e. The van der Waals surface area contributed by atoms with Gasteiger partial charge in [-0.15, -0.1) is 38.0 Å². The summed E-state index contributed by atoms with van der Waals surface area (Å²) >= 11 is 0. The number of hydrogen-bond acceptors (Lipinski definition) is 10. The van der Waals surface area contributed by atoms with Gasteiger partial charge < -0.3 is 38.1 Å². The maximum Gasteiger partial charge on any atom is 0.573 e. The molecule has 312 valence electrons. The monoisotopic (exact) mass is 845 g/mol. The van der Waals surface area contributed by atoms with Gasteiger partial charge in [0.1, 0.15) is 5.75 Å². The number of benzene rings is 4. The molecule has 1 aliphatic heterocycles. The Morgan fingerprint density at radius 1 is 0.638 bits per heavy atom. The highest BCUT2D eigenvalue weighted by Gasteiger charge is 2.31. The summed E-state index contributed by atoms with van der Waals surface area (Å²) in [5.41, 5.74) is 6.41. The van der Waals surface area contributed by atoms with E-state index in [4.69, 9.17) is 28.4 Å². The standard InChI is InChI=1S/C43H46F3N3O7.2ClH/c1-50-37-22-31(23-38(51-2)41(37)54-5)30-9-7-8-28(20-30)26-48-18-15-34(16-19-48)49(33-10-12-35(13-11-33)56-43(44,45)46)27-29-14-17-47-36(21-29)32-24-39(52-3)42(55-6)40(25-32)53-4;;/h7-14,17,20-25,34H,15-16,18-19,26-27H2,1-6H3;2*1H. The number of anilines is 1. The highest BCUT2D eigenvalue weighted by molar-refractivity contribution is 5.85. The fourth-order valence-electron chi connectivity index (χ4n) is 7.17. The Bertz CT molecular complexity index is 2050. The molecule has 6 rings (SSSR count). The first-order valence-electron chi connectivity index (χ1n) is 18.1. The van der Waals surface area contributed by atoms with Crippen LogP contribution in [0.4, 0.5) is 18.9 Å². The molecular formula is C43H48Cl2F3N3O7. The summed E-state index contributed by atoms with van der Waals surface area (Å²) in [7, 11) is 9.47. The molecule has 0 bridgehead atoms. The van der Waals surface area contributed by atoms with Gasteiger partial charge in [0.05, 0.1) is 48.4 Å². The summed E-state index contributed by atoms with van der Waals surface area (Å²) in [6, 6.07) is 26.2. The van der Waals surface area contributed by atoms with Crippen molar-refractivity contribution < 1.29 is 46.3 Å². The fraction of sp³-hybridized carbons (Fsp3) is 0.326. The third kappa shape index (κ3) is 10.8. The number of alkyl halides is 3. The van der Waals surface area contributed by atoms with E-state index in [2.05, 4.69) is 43.8 Å². The molecule has 0 atom stereocenters. The summed E-state index contributed by atoms with van der Waals surface area (Å²) < 4.78 is 76.5. The molecule has 2 heterocycles. The number of methoxy groups -OCH3 is 6. The van der Waals surface area contributed by atoms with Gasteiger partial charge in [0, 0.05) is 49.7 Å². The molecule has 0 aliphatic carbocycles. The lowest BCUT2D eigenvalue weighted by molar-refractivity contribution is -0.274. The van der Waals surface area contributed by atoms with E-state index in [-0.39, 0.29) is 36.6 Å². The zero-order valence-corrected chi connectivity index (χ0v) is 34.8. The van der Waals surface area contributed by atoms with Gasteiger partial charge in [-0.25, -0.2) is 0 Å².